The lowest BCUT2D eigenvalue weighted by Crippen LogP contribution is -2.28. The van der Waals surface area contributed by atoms with Gasteiger partial charge in [-0.05, 0) is 79.4 Å². The van der Waals surface area contributed by atoms with E-state index in [-0.39, 0.29) is 18.7 Å². The first-order valence-electron chi connectivity index (χ1n) is 33.6. The Labute approximate surface area is 508 Å². The molecule has 0 spiro atoms. The first kappa shape index (κ1) is 78.8. The highest BCUT2D eigenvalue weighted by Crippen LogP contribution is 2.40. The molecule has 81 heavy (non-hydrogen) atoms. The Bertz CT molecular complexity index is 1300. The second kappa shape index (κ2) is 58.8. The third kappa shape index (κ3) is 57.3. The van der Waals surface area contributed by atoms with Gasteiger partial charge < -0.3 is 52.1 Å². The molecule has 0 aromatic rings. The number of carbonyl (C=O) groups excluding carboxylic acids is 1. The smallest absolute Gasteiger partial charge is 0.305 e. The van der Waals surface area contributed by atoms with Gasteiger partial charge in [-0.15, -0.1) is 0 Å². The van der Waals surface area contributed by atoms with Crippen LogP contribution in [0.3, 0.4) is 0 Å². The van der Waals surface area contributed by atoms with Gasteiger partial charge in [0.15, 0.2) is 0 Å². The quantitative estimate of drug-likeness (QED) is 0.0326. The van der Waals surface area contributed by atoms with Gasteiger partial charge in [-0.1, -0.05) is 213 Å². The third-order valence-corrected chi connectivity index (χ3v) is 18.8. The van der Waals surface area contributed by atoms with Gasteiger partial charge >= 0.3 is 5.97 Å². The van der Waals surface area contributed by atoms with E-state index in [1.807, 2.05) is 21.6 Å². The van der Waals surface area contributed by atoms with Gasteiger partial charge in [0.1, 0.15) is 12.7 Å². The Morgan fingerprint density at radius 1 is 0.358 bits per heavy atom. The van der Waals surface area contributed by atoms with Crippen LogP contribution in [-0.4, -0.2) is 155 Å². The molecule has 1 aliphatic heterocycles. The maximum absolute atomic E-state index is 11.9. The highest BCUT2D eigenvalue weighted by atomic mass is 33.1. The fourth-order valence-electron chi connectivity index (χ4n) is 10.2. The topological polar surface area (TPSA) is 119 Å². The van der Waals surface area contributed by atoms with Crippen molar-refractivity contribution in [3.63, 3.8) is 0 Å². The van der Waals surface area contributed by atoms with Crippen LogP contribution in [0.4, 0.5) is 0 Å². The van der Waals surface area contributed by atoms with Crippen molar-refractivity contribution in [2.75, 3.05) is 138 Å². The summed E-state index contributed by atoms with van der Waals surface area (Å²) < 4.78 is 63.4. The van der Waals surface area contributed by atoms with Crippen molar-refractivity contribution in [1.29, 1.82) is 0 Å². The summed E-state index contributed by atoms with van der Waals surface area (Å²) in [6.07, 6.45) is 31.5. The highest BCUT2D eigenvalue weighted by Gasteiger charge is 2.17. The van der Waals surface area contributed by atoms with Gasteiger partial charge in [0.25, 0.3) is 0 Å². The van der Waals surface area contributed by atoms with E-state index in [0.717, 1.165) is 79.7 Å². The van der Waals surface area contributed by atoms with Crippen molar-refractivity contribution in [2.24, 2.45) is 47.3 Å². The van der Waals surface area contributed by atoms with E-state index in [1.165, 1.54) is 134 Å². The summed E-state index contributed by atoms with van der Waals surface area (Å²) in [5, 5.41) is 0.763. The monoisotopic (exact) mass is 1190 g/mol. The van der Waals surface area contributed by atoms with Crippen LogP contribution in [0.15, 0.2) is 0 Å². The molecule has 1 aliphatic rings. The Morgan fingerprint density at radius 3 is 1.04 bits per heavy atom. The van der Waals surface area contributed by atoms with Crippen LogP contribution in [0, 0.1) is 47.3 Å². The molecule has 484 valence electrons. The van der Waals surface area contributed by atoms with Gasteiger partial charge in [0.05, 0.1) is 112 Å². The minimum Gasteiger partial charge on any atom is -0.463 e. The molecule has 8 atom stereocenters. The molecule has 0 aromatic heterocycles. The Hall–Kier alpha value is -0.230. The molecule has 0 aliphatic carbocycles. The van der Waals surface area contributed by atoms with Crippen molar-refractivity contribution >= 4 is 27.6 Å². The number of hydrogen-bond donors (Lipinski definition) is 0. The third-order valence-electron chi connectivity index (χ3n) is 15.8. The lowest BCUT2D eigenvalue weighted by atomic mass is 9.91. The number of hydrogen-bond acceptors (Lipinski definition) is 14. The Kier molecular flexibility index (Phi) is 57.2. The van der Waals surface area contributed by atoms with Gasteiger partial charge in [-0.25, -0.2) is 0 Å². The fourth-order valence-corrected chi connectivity index (χ4v) is 13.2. The molecule has 1 rings (SSSR count). The SMILES string of the molecule is CC(C)CCC[C@H](C)CCC[C@H](C)CCCC(C)CCOC[C@@H](COCCOCCOCCOCCOCCOCCOCCOCCOC(=O)CCCCC1CCSS1)OCCC(C)CCC[C@@H](C)CCC[C@@H](C)CCCC(C)C. The van der Waals surface area contributed by atoms with Crippen molar-refractivity contribution in [3.8, 4) is 0 Å². The zero-order valence-electron chi connectivity index (χ0n) is 54.5. The summed E-state index contributed by atoms with van der Waals surface area (Å²) in [6.45, 7) is 34.2. The average Bonchev–Trinajstić information content (AvgIpc) is 3.95. The molecule has 1 fully saturated rings. The summed E-state index contributed by atoms with van der Waals surface area (Å²) >= 11 is 0. The first-order valence-corrected chi connectivity index (χ1v) is 36.0. The molecule has 0 amide bonds. The van der Waals surface area contributed by atoms with E-state index in [9.17, 15) is 4.79 Å². The summed E-state index contributed by atoms with van der Waals surface area (Å²) in [5.41, 5.74) is 0. The summed E-state index contributed by atoms with van der Waals surface area (Å²) in [4.78, 5) is 11.9. The first-order chi connectivity index (χ1) is 39.3. The molecule has 0 bridgehead atoms. The summed E-state index contributed by atoms with van der Waals surface area (Å²) in [7, 11) is 3.96. The second-order valence-electron chi connectivity index (χ2n) is 25.3. The van der Waals surface area contributed by atoms with E-state index in [2.05, 4.69) is 69.2 Å². The van der Waals surface area contributed by atoms with E-state index in [4.69, 9.17) is 52.1 Å². The minimum atomic E-state index is -0.136. The van der Waals surface area contributed by atoms with Gasteiger partial charge in [0.2, 0.25) is 0 Å². The van der Waals surface area contributed by atoms with Crippen molar-refractivity contribution in [3.05, 3.63) is 0 Å². The van der Waals surface area contributed by atoms with Crippen LogP contribution < -0.4 is 0 Å². The number of rotatable bonds is 64. The Balaban J connectivity index is 2.13. The van der Waals surface area contributed by atoms with E-state index in [0.29, 0.717) is 131 Å². The maximum atomic E-state index is 11.9. The lowest BCUT2D eigenvalue weighted by molar-refractivity contribution is -0.145. The maximum Gasteiger partial charge on any atom is 0.305 e. The van der Waals surface area contributed by atoms with Crippen molar-refractivity contribution in [2.45, 2.75) is 241 Å². The highest BCUT2D eigenvalue weighted by molar-refractivity contribution is 8.77. The van der Waals surface area contributed by atoms with E-state index in [1.54, 1.807) is 0 Å². The van der Waals surface area contributed by atoms with Gasteiger partial charge in [-0.2, -0.15) is 0 Å². The standard InChI is InChI=1S/C67H132O12S2/c1-57(2)19-13-21-59(5)23-15-25-61(7)27-17-29-63(9)33-36-76-55-65(78-37-34-64(10)30-18-28-62(8)26-16-24-60(6)22-14-20-58(3)4)56-77-51-50-74-47-46-72-43-42-70-39-38-69-40-41-71-44-45-73-48-49-75-52-53-79-67(68)32-12-11-31-66-35-54-80-81-66/h57-66H,11-56H2,1-10H3/t59-,60-,61-,62-,63?,64?,65-,66?/m0/s1. The molecular weight excluding hydrogens is 1060 g/mol. The Morgan fingerprint density at radius 2 is 0.679 bits per heavy atom. The molecule has 1 saturated heterocycles. The zero-order chi connectivity index (χ0) is 59.1. The molecule has 12 nitrogen and oxygen atoms in total. The fraction of sp³-hybridized carbons (Fsp3) is 0.985. The normalized spacial score (nSPS) is 16.6. The predicted octanol–water partition coefficient (Wildman–Crippen LogP) is 16.7. The summed E-state index contributed by atoms with van der Waals surface area (Å²) in [6, 6.07) is 0. The van der Waals surface area contributed by atoms with Crippen molar-refractivity contribution in [1.82, 2.24) is 0 Å². The van der Waals surface area contributed by atoms with Gasteiger partial charge in [-0.3, -0.25) is 4.79 Å². The van der Waals surface area contributed by atoms with Gasteiger partial charge in [0, 0.05) is 30.6 Å². The molecule has 14 heteroatoms. The predicted molar refractivity (Wildman–Crippen MR) is 342 cm³/mol. The second-order valence-corrected chi connectivity index (χ2v) is 28.1. The zero-order valence-corrected chi connectivity index (χ0v) is 56.1. The molecule has 0 radical (unpaired) electrons. The summed E-state index contributed by atoms with van der Waals surface area (Å²) in [5.74, 6) is 7.49. The van der Waals surface area contributed by atoms with Crippen LogP contribution >= 0.6 is 21.6 Å². The lowest BCUT2D eigenvalue weighted by Gasteiger charge is -2.21. The molecule has 0 saturated carbocycles. The molecule has 3 unspecified atom stereocenters. The number of ether oxygens (including phenoxy) is 11. The van der Waals surface area contributed by atoms with Crippen LogP contribution in [0.5, 0.6) is 0 Å². The van der Waals surface area contributed by atoms with Crippen molar-refractivity contribution < 1.29 is 56.9 Å². The number of esters is 1. The average molecular weight is 1190 g/mol. The van der Waals surface area contributed by atoms with Crippen LogP contribution in [0.2, 0.25) is 0 Å². The van der Waals surface area contributed by atoms with Crippen LogP contribution in [0.1, 0.15) is 230 Å². The largest absolute Gasteiger partial charge is 0.463 e. The molecular formula is C67H132O12S2. The van der Waals surface area contributed by atoms with E-state index >= 15 is 0 Å². The number of carbonyl (C=O) groups is 1. The van der Waals surface area contributed by atoms with E-state index < -0.39 is 0 Å². The molecule has 0 N–H and O–H groups in total. The van der Waals surface area contributed by atoms with Crippen LogP contribution in [-0.2, 0) is 56.9 Å². The van der Waals surface area contributed by atoms with Crippen LogP contribution in [0.25, 0.3) is 0 Å². The molecule has 1 heterocycles. The molecule has 0 aromatic carbocycles. The minimum absolute atomic E-state index is 0.0785. The number of unbranched alkanes of at least 4 members (excludes halogenated alkanes) is 1.